The summed E-state index contributed by atoms with van der Waals surface area (Å²) in [5.74, 6) is -0.390. The first-order chi connectivity index (χ1) is 15.1. The summed E-state index contributed by atoms with van der Waals surface area (Å²) >= 11 is 6.23. The number of carbonyl (C=O) groups excluding carboxylic acids is 1. The van der Waals surface area contributed by atoms with Gasteiger partial charge < -0.3 is 9.97 Å². The first kappa shape index (κ1) is 19.0. The van der Waals surface area contributed by atoms with Crippen molar-refractivity contribution in [3.63, 3.8) is 0 Å². The number of rotatable bonds is 4. The van der Waals surface area contributed by atoms with Crippen LogP contribution in [0, 0.1) is 0 Å². The number of ketones is 1. The number of hydrogen-bond donors (Lipinski definition) is 2. The van der Waals surface area contributed by atoms with Crippen LogP contribution in [0.2, 0.25) is 5.02 Å². The van der Waals surface area contributed by atoms with Gasteiger partial charge in [-0.25, -0.2) is 0 Å². The van der Waals surface area contributed by atoms with Crippen LogP contribution in [-0.4, -0.2) is 20.7 Å². The van der Waals surface area contributed by atoms with Gasteiger partial charge in [-0.15, -0.1) is 0 Å². The molecule has 0 atom stereocenters. The van der Waals surface area contributed by atoms with Gasteiger partial charge >= 0.3 is 0 Å². The smallest absolute Gasteiger partial charge is 0.260 e. The van der Waals surface area contributed by atoms with Crippen LogP contribution in [0.4, 0.5) is 0 Å². The molecule has 3 heterocycles. The van der Waals surface area contributed by atoms with Gasteiger partial charge in [-0.05, 0) is 48.0 Å². The summed E-state index contributed by atoms with van der Waals surface area (Å²) in [7, 11) is 0. The molecule has 5 rings (SSSR count). The summed E-state index contributed by atoms with van der Waals surface area (Å²) < 4.78 is 0. The molecule has 3 aromatic heterocycles. The van der Waals surface area contributed by atoms with E-state index in [9.17, 15) is 9.59 Å². The molecule has 0 radical (unpaired) electrons. The number of fused-ring (bicyclic) bond motifs is 2. The zero-order valence-corrected chi connectivity index (χ0v) is 17.0. The topological polar surface area (TPSA) is 78.6 Å². The van der Waals surface area contributed by atoms with Crippen molar-refractivity contribution in [3.8, 4) is 11.1 Å². The third-order valence-electron chi connectivity index (χ3n) is 5.14. The number of nitrogens with zero attached hydrogens (tertiary/aromatic N) is 1. The van der Waals surface area contributed by atoms with E-state index in [1.54, 1.807) is 36.7 Å². The number of benzene rings is 2. The summed E-state index contributed by atoms with van der Waals surface area (Å²) in [5, 5.41) is 2.23. The van der Waals surface area contributed by atoms with E-state index < -0.39 is 11.3 Å². The van der Waals surface area contributed by atoms with Gasteiger partial charge in [0, 0.05) is 38.8 Å². The van der Waals surface area contributed by atoms with Crippen molar-refractivity contribution in [2.45, 2.75) is 0 Å². The Morgan fingerprint density at radius 2 is 1.81 bits per heavy atom. The van der Waals surface area contributed by atoms with Crippen molar-refractivity contribution in [3.05, 3.63) is 106 Å². The first-order valence-corrected chi connectivity index (χ1v) is 10.0. The van der Waals surface area contributed by atoms with Gasteiger partial charge in [-0.1, -0.05) is 41.9 Å². The highest BCUT2D eigenvalue weighted by Crippen LogP contribution is 2.31. The van der Waals surface area contributed by atoms with Crippen molar-refractivity contribution >= 4 is 45.3 Å². The van der Waals surface area contributed by atoms with Crippen LogP contribution in [0.1, 0.15) is 16.1 Å². The standard InChI is InChI=1S/C25H16ClN3O2/c26-17-6-8-20-19(13-17)23(15-4-2-1-3-5-15)24(25(31)29-20)22(30)9-7-18-12-16-10-11-27-14-21(16)28-18/h1-14,28H,(H,29,31)/b9-7+. The molecule has 2 N–H and O–H groups in total. The number of carbonyl (C=O) groups is 1. The monoisotopic (exact) mass is 425 g/mol. The van der Waals surface area contributed by atoms with E-state index in [1.807, 2.05) is 42.5 Å². The zero-order chi connectivity index (χ0) is 21.4. The lowest BCUT2D eigenvalue weighted by molar-refractivity contribution is 0.104. The van der Waals surface area contributed by atoms with Crippen LogP contribution >= 0.6 is 11.6 Å². The highest BCUT2D eigenvalue weighted by atomic mass is 35.5. The highest BCUT2D eigenvalue weighted by molar-refractivity contribution is 6.31. The molecule has 5 nitrogen and oxygen atoms in total. The summed E-state index contributed by atoms with van der Waals surface area (Å²) in [6, 6.07) is 18.4. The average Bonchev–Trinajstić information content (AvgIpc) is 3.20. The Labute approximate surface area is 182 Å². The van der Waals surface area contributed by atoms with Crippen molar-refractivity contribution in [1.29, 1.82) is 0 Å². The van der Waals surface area contributed by atoms with Crippen molar-refractivity contribution in [2.75, 3.05) is 0 Å². The van der Waals surface area contributed by atoms with Gasteiger partial charge in [0.2, 0.25) is 0 Å². The predicted molar refractivity (Wildman–Crippen MR) is 124 cm³/mol. The molecule has 6 heteroatoms. The molecule has 0 saturated heterocycles. The number of halogens is 1. The summed E-state index contributed by atoms with van der Waals surface area (Å²) in [6.07, 6.45) is 6.50. The maximum absolute atomic E-state index is 13.2. The third-order valence-corrected chi connectivity index (χ3v) is 5.38. The number of aromatic nitrogens is 3. The molecule has 0 aliphatic carbocycles. The molecular weight excluding hydrogens is 410 g/mol. The Bertz CT molecular complexity index is 1500. The Hall–Kier alpha value is -3.96. The molecule has 31 heavy (non-hydrogen) atoms. The number of aromatic amines is 2. The molecule has 150 valence electrons. The molecule has 2 aromatic carbocycles. The lowest BCUT2D eigenvalue weighted by Gasteiger charge is -2.11. The Kier molecular flexibility index (Phi) is 4.73. The number of nitrogens with one attached hydrogen (secondary N) is 2. The van der Waals surface area contributed by atoms with Crippen LogP contribution in [0.25, 0.3) is 39.0 Å². The van der Waals surface area contributed by atoms with Gasteiger partial charge in [0.1, 0.15) is 0 Å². The highest BCUT2D eigenvalue weighted by Gasteiger charge is 2.19. The van der Waals surface area contributed by atoms with Crippen molar-refractivity contribution in [1.82, 2.24) is 15.0 Å². The minimum atomic E-state index is -0.441. The largest absolute Gasteiger partial charge is 0.354 e. The molecule has 0 fully saturated rings. The fourth-order valence-electron chi connectivity index (χ4n) is 3.74. The molecule has 0 aliphatic rings. The third kappa shape index (κ3) is 3.56. The molecule has 0 spiro atoms. The van der Waals surface area contributed by atoms with Gasteiger partial charge in [0.05, 0.1) is 17.3 Å². The zero-order valence-electron chi connectivity index (χ0n) is 16.2. The van der Waals surface area contributed by atoms with Crippen LogP contribution < -0.4 is 5.56 Å². The van der Waals surface area contributed by atoms with E-state index in [1.165, 1.54) is 6.08 Å². The number of hydrogen-bond acceptors (Lipinski definition) is 3. The lowest BCUT2D eigenvalue weighted by Crippen LogP contribution is -2.18. The van der Waals surface area contributed by atoms with Gasteiger partial charge in [0.15, 0.2) is 5.78 Å². The van der Waals surface area contributed by atoms with Crippen LogP contribution in [0.3, 0.4) is 0 Å². The fourth-order valence-corrected chi connectivity index (χ4v) is 3.91. The Balaban J connectivity index is 1.67. The normalized spacial score (nSPS) is 11.5. The molecule has 0 amide bonds. The number of H-pyrrole nitrogens is 2. The quantitative estimate of drug-likeness (QED) is 0.289. The van der Waals surface area contributed by atoms with Crippen molar-refractivity contribution in [2.24, 2.45) is 0 Å². The minimum absolute atomic E-state index is 0.0787. The molecule has 0 unspecified atom stereocenters. The molecule has 0 aliphatic heterocycles. The van der Waals surface area contributed by atoms with Crippen LogP contribution in [0.5, 0.6) is 0 Å². The van der Waals surface area contributed by atoms with Gasteiger partial charge in [-0.3, -0.25) is 14.6 Å². The van der Waals surface area contributed by atoms with E-state index in [-0.39, 0.29) is 5.56 Å². The number of allylic oxidation sites excluding steroid dienone is 1. The molecule has 0 saturated carbocycles. The van der Waals surface area contributed by atoms with E-state index in [2.05, 4.69) is 15.0 Å². The van der Waals surface area contributed by atoms with E-state index in [0.717, 1.165) is 22.2 Å². The Morgan fingerprint density at radius 1 is 0.968 bits per heavy atom. The Morgan fingerprint density at radius 3 is 2.61 bits per heavy atom. The van der Waals surface area contributed by atoms with Gasteiger partial charge in [0.25, 0.3) is 5.56 Å². The summed E-state index contributed by atoms with van der Waals surface area (Å²) in [4.78, 5) is 36.2. The van der Waals surface area contributed by atoms with E-state index >= 15 is 0 Å². The number of pyridine rings is 2. The van der Waals surface area contributed by atoms with Crippen LogP contribution in [-0.2, 0) is 0 Å². The SMILES string of the molecule is O=C(/C=C/c1cc2ccncc2[nH]1)c1c(-c2ccccc2)c2cc(Cl)ccc2[nH]c1=O. The first-order valence-electron chi connectivity index (χ1n) is 9.66. The summed E-state index contributed by atoms with van der Waals surface area (Å²) in [6.45, 7) is 0. The van der Waals surface area contributed by atoms with Gasteiger partial charge in [-0.2, -0.15) is 0 Å². The second kappa shape index (κ2) is 7.70. The van der Waals surface area contributed by atoms with E-state index in [4.69, 9.17) is 11.6 Å². The van der Waals surface area contributed by atoms with Crippen molar-refractivity contribution < 1.29 is 4.79 Å². The molecule has 0 bridgehead atoms. The maximum Gasteiger partial charge on any atom is 0.260 e. The van der Waals surface area contributed by atoms with Crippen LogP contribution in [0.15, 0.2) is 83.9 Å². The minimum Gasteiger partial charge on any atom is -0.354 e. The average molecular weight is 426 g/mol. The molecular formula is C25H16ClN3O2. The predicted octanol–water partition coefficient (Wildman–Crippen LogP) is 5.62. The molecule has 5 aromatic rings. The van der Waals surface area contributed by atoms with E-state index in [0.29, 0.717) is 21.5 Å². The fraction of sp³-hybridized carbons (Fsp3) is 0. The summed E-state index contributed by atoms with van der Waals surface area (Å²) in [5.41, 5.74) is 3.22. The lowest BCUT2D eigenvalue weighted by atomic mass is 9.94. The maximum atomic E-state index is 13.2. The second-order valence-electron chi connectivity index (χ2n) is 7.15. The second-order valence-corrected chi connectivity index (χ2v) is 7.58.